The van der Waals surface area contributed by atoms with Gasteiger partial charge in [0.25, 0.3) is 5.91 Å². The number of aryl methyl sites for hydroxylation is 3. The van der Waals surface area contributed by atoms with Crippen LogP contribution in [0, 0.1) is 26.6 Å². The van der Waals surface area contributed by atoms with Crippen molar-refractivity contribution in [1.82, 2.24) is 9.97 Å². The van der Waals surface area contributed by atoms with E-state index >= 15 is 0 Å². The van der Waals surface area contributed by atoms with E-state index in [0.29, 0.717) is 22.6 Å². The van der Waals surface area contributed by atoms with Crippen molar-refractivity contribution in [2.45, 2.75) is 20.8 Å². The molecule has 0 spiro atoms. The Bertz CT molecular complexity index is 678. The van der Waals surface area contributed by atoms with Gasteiger partial charge in [-0.2, -0.15) is 9.97 Å². The van der Waals surface area contributed by atoms with Crippen LogP contribution in [0.4, 0.5) is 10.1 Å². The highest BCUT2D eigenvalue weighted by Crippen LogP contribution is 2.20. The van der Waals surface area contributed by atoms with Crippen LogP contribution < -0.4 is 10.1 Å². The molecule has 0 saturated carbocycles. The Morgan fingerprint density at radius 2 is 1.81 bits per heavy atom. The standard InChI is InChI=1S/C15H16FN3O2/c1-8-5-6-11(7-12(8)16)14(20)19-13-9(2)17-15(21-4)18-10(13)3/h5-7H,1-4H3,(H,19,20). The summed E-state index contributed by atoms with van der Waals surface area (Å²) in [7, 11) is 1.47. The highest BCUT2D eigenvalue weighted by atomic mass is 19.1. The maximum atomic E-state index is 13.5. The van der Waals surface area contributed by atoms with Crippen LogP contribution in [0.15, 0.2) is 18.2 Å². The average molecular weight is 289 g/mol. The third kappa shape index (κ3) is 3.16. The summed E-state index contributed by atoms with van der Waals surface area (Å²) in [6.07, 6.45) is 0. The van der Waals surface area contributed by atoms with Crippen molar-refractivity contribution in [2.75, 3.05) is 12.4 Å². The zero-order valence-corrected chi connectivity index (χ0v) is 12.3. The number of hydrogen-bond acceptors (Lipinski definition) is 4. The molecule has 1 aromatic heterocycles. The van der Waals surface area contributed by atoms with Crippen LogP contribution in [0.25, 0.3) is 0 Å². The van der Waals surface area contributed by atoms with Gasteiger partial charge in [-0.05, 0) is 38.5 Å². The van der Waals surface area contributed by atoms with E-state index in [1.165, 1.54) is 13.2 Å². The summed E-state index contributed by atoms with van der Waals surface area (Å²) in [6, 6.07) is 4.58. The van der Waals surface area contributed by atoms with E-state index in [1.807, 2.05) is 0 Å². The lowest BCUT2D eigenvalue weighted by atomic mass is 10.1. The van der Waals surface area contributed by atoms with Crippen LogP contribution in [0.5, 0.6) is 6.01 Å². The molecule has 0 fully saturated rings. The minimum atomic E-state index is -0.415. The second kappa shape index (κ2) is 5.87. The summed E-state index contributed by atoms with van der Waals surface area (Å²) in [4.78, 5) is 20.4. The molecule has 1 aromatic carbocycles. The van der Waals surface area contributed by atoms with Crippen LogP contribution in [0.3, 0.4) is 0 Å². The van der Waals surface area contributed by atoms with Crippen molar-refractivity contribution in [3.63, 3.8) is 0 Å². The summed E-state index contributed by atoms with van der Waals surface area (Å²) in [6.45, 7) is 5.12. The van der Waals surface area contributed by atoms with Gasteiger partial charge in [0.2, 0.25) is 0 Å². The Morgan fingerprint density at radius 3 is 2.33 bits per heavy atom. The fraction of sp³-hybridized carbons (Fsp3) is 0.267. The van der Waals surface area contributed by atoms with Gasteiger partial charge in [0, 0.05) is 5.56 Å². The minimum Gasteiger partial charge on any atom is -0.467 e. The van der Waals surface area contributed by atoms with Gasteiger partial charge >= 0.3 is 6.01 Å². The number of nitrogens with one attached hydrogen (secondary N) is 1. The van der Waals surface area contributed by atoms with Gasteiger partial charge in [-0.15, -0.1) is 0 Å². The minimum absolute atomic E-state index is 0.240. The van der Waals surface area contributed by atoms with Gasteiger partial charge < -0.3 is 10.1 Å². The molecule has 110 valence electrons. The normalized spacial score (nSPS) is 10.3. The second-order valence-electron chi connectivity index (χ2n) is 4.67. The largest absolute Gasteiger partial charge is 0.467 e. The number of carbonyl (C=O) groups excluding carboxylic acids is 1. The molecule has 2 rings (SSSR count). The molecule has 0 aliphatic carbocycles. The smallest absolute Gasteiger partial charge is 0.316 e. The zero-order chi connectivity index (χ0) is 15.6. The summed E-state index contributed by atoms with van der Waals surface area (Å²) >= 11 is 0. The number of nitrogens with zero attached hydrogens (tertiary/aromatic N) is 2. The first kappa shape index (κ1) is 14.9. The highest BCUT2D eigenvalue weighted by molar-refractivity contribution is 6.04. The molecule has 1 heterocycles. The molecule has 0 atom stereocenters. The van der Waals surface area contributed by atoms with E-state index in [0.717, 1.165) is 0 Å². The molecule has 1 N–H and O–H groups in total. The van der Waals surface area contributed by atoms with Gasteiger partial charge in [0.1, 0.15) is 5.82 Å². The molecular weight excluding hydrogens is 273 g/mol. The number of hydrogen-bond donors (Lipinski definition) is 1. The molecule has 0 radical (unpaired) electrons. The highest BCUT2D eigenvalue weighted by Gasteiger charge is 2.14. The van der Waals surface area contributed by atoms with Crippen LogP contribution in [0.2, 0.25) is 0 Å². The summed E-state index contributed by atoms with van der Waals surface area (Å²) < 4.78 is 18.5. The topological polar surface area (TPSA) is 64.1 Å². The van der Waals surface area contributed by atoms with Gasteiger partial charge in [-0.3, -0.25) is 4.79 Å². The van der Waals surface area contributed by atoms with Crippen LogP contribution in [-0.2, 0) is 0 Å². The molecule has 0 aliphatic heterocycles. The summed E-state index contributed by atoms with van der Waals surface area (Å²) in [5.74, 6) is -0.823. The average Bonchev–Trinajstić information content (AvgIpc) is 2.45. The SMILES string of the molecule is COc1nc(C)c(NC(=O)c2ccc(C)c(F)c2)c(C)n1. The first-order valence-electron chi connectivity index (χ1n) is 6.39. The van der Waals surface area contributed by atoms with E-state index in [1.54, 1.807) is 32.9 Å². The van der Waals surface area contributed by atoms with Crippen LogP contribution >= 0.6 is 0 Å². The molecule has 0 aliphatic rings. The number of anilines is 1. The van der Waals surface area contributed by atoms with Crippen molar-refractivity contribution in [2.24, 2.45) is 0 Å². The van der Waals surface area contributed by atoms with Crippen molar-refractivity contribution < 1.29 is 13.9 Å². The van der Waals surface area contributed by atoms with E-state index < -0.39 is 11.7 Å². The fourth-order valence-corrected chi connectivity index (χ4v) is 1.88. The lowest BCUT2D eigenvalue weighted by Gasteiger charge is -2.11. The quantitative estimate of drug-likeness (QED) is 0.943. The molecule has 2 aromatic rings. The second-order valence-corrected chi connectivity index (χ2v) is 4.67. The number of aromatic nitrogens is 2. The third-order valence-corrected chi connectivity index (χ3v) is 3.11. The predicted octanol–water partition coefficient (Wildman–Crippen LogP) is 2.80. The fourth-order valence-electron chi connectivity index (χ4n) is 1.88. The van der Waals surface area contributed by atoms with E-state index in [2.05, 4.69) is 15.3 Å². The molecule has 0 bridgehead atoms. The van der Waals surface area contributed by atoms with Gasteiger partial charge in [0.05, 0.1) is 24.2 Å². The van der Waals surface area contributed by atoms with Crippen molar-refractivity contribution in [1.29, 1.82) is 0 Å². The van der Waals surface area contributed by atoms with Crippen molar-refractivity contribution >= 4 is 11.6 Å². The number of methoxy groups -OCH3 is 1. The Balaban J connectivity index is 2.29. The Kier molecular flexibility index (Phi) is 4.16. The number of benzene rings is 1. The lowest BCUT2D eigenvalue weighted by molar-refractivity contribution is 0.102. The number of carbonyl (C=O) groups is 1. The maximum Gasteiger partial charge on any atom is 0.316 e. The third-order valence-electron chi connectivity index (χ3n) is 3.11. The van der Waals surface area contributed by atoms with Gasteiger partial charge in [0.15, 0.2) is 0 Å². The van der Waals surface area contributed by atoms with Crippen molar-refractivity contribution in [3.05, 3.63) is 46.5 Å². The van der Waals surface area contributed by atoms with E-state index in [9.17, 15) is 9.18 Å². The first-order valence-corrected chi connectivity index (χ1v) is 6.39. The van der Waals surface area contributed by atoms with Gasteiger partial charge in [-0.25, -0.2) is 4.39 Å². The summed E-state index contributed by atoms with van der Waals surface area (Å²) in [5, 5.41) is 2.71. The zero-order valence-electron chi connectivity index (χ0n) is 12.3. The molecule has 5 nitrogen and oxygen atoms in total. The van der Waals surface area contributed by atoms with Crippen LogP contribution in [-0.4, -0.2) is 23.0 Å². The number of amides is 1. The first-order chi connectivity index (χ1) is 9.92. The molecule has 0 unspecified atom stereocenters. The molecule has 1 amide bonds. The Labute approximate surface area is 122 Å². The number of ether oxygens (including phenoxy) is 1. The molecular formula is C15H16FN3O2. The van der Waals surface area contributed by atoms with Crippen molar-refractivity contribution in [3.8, 4) is 6.01 Å². The monoisotopic (exact) mass is 289 g/mol. The van der Waals surface area contributed by atoms with E-state index in [4.69, 9.17) is 4.74 Å². The lowest BCUT2D eigenvalue weighted by Crippen LogP contribution is -2.15. The van der Waals surface area contributed by atoms with Gasteiger partial charge in [-0.1, -0.05) is 6.07 Å². The Morgan fingerprint density at radius 1 is 1.19 bits per heavy atom. The maximum absolute atomic E-state index is 13.5. The predicted molar refractivity (Wildman–Crippen MR) is 77.1 cm³/mol. The molecule has 0 saturated heterocycles. The summed E-state index contributed by atoms with van der Waals surface area (Å²) in [5.41, 5.74) is 2.40. The Hall–Kier alpha value is -2.50. The number of halogens is 1. The molecule has 6 heteroatoms. The van der Waals surface area contributed by atoms with E-state index in [-0.39, 0.29) is 11.6 Å². The number of rotatable bonds is 3. The molecule has 21 heavy (non-hydrogen) atoms. The van der Waals surface area contributed by atoms with Crippen LogP contribution in [0.1, 0.15) is 27.3 Å².